The van der Waals surface area contributed by atoms with Gasteiger partial charge >= 0.3 is 0 Å². The van der Waals surface area contributed by atoms with E-state index < -0.39 is 17.6 Å². The number of aromatic nitrogens is 2. The molecular formula is C19H15Cl2FN4O2S. The molecule has 0 saturated heterocycles. The lowest BCUT2D eigenvalue weighted by atomic mass is 10.3. The number of nitrogens with one attached hydrogen (secondary N) is 2. The number of rotatable bonds is 5. The van der Waals surface area contributed by atoms with Gasteiger partial charge in [0.1, 0.15) is 11.5 Å². The number of likely N-dealkylation sites (N-methyl/N-ethyl adjacent to an activating group) is 1. The third-order valence-electron chi connectivity index (χ3n) is 4.01. The topological polar surface area (TPSA) is 70.1 Å². The van der Waals surface area contributed by atoms with E-state index in [-0.39, 0.29) is 17.0 Å². The van der Waals surface area contributed by atoms with Crippen molar-refractivity contribution in [1.82, 2.24) is 14.5 Å². The van der Waals surface area contributed by atoms with Gasteiger partial charge in [0.2, 0.25) is 5.91 Å². The number of nitrogens with zero attached hydrogens (tertiary/aromatic N) is 2. The molecule has 1 heterocycles. The van der Waals surface area contributed by atoms with E-state index in [0.29, 0.717) is 21.4 Å². The number of carbonyl (C=O) groups is 2. The van der Waals surface area contributed by atoms with Crippen LogP contribution in [0.1, 0.15) is 10.5 Å². The molecule has 0 aliphatic rings. The predicted molar refractivity (Wildman–Crippen MR) is 113 cm³/mol. The van der Waals surface area contributed by atoms with E-state index in [1.54, 1.807) is 12.1 Å². The van der Waals surface area contributed by atoms with Gasteiger partial charge in [-0.05, 0) is 54.7 Å². The first-order chi connectivity index (χ1) is 13.8. The Morgan fingerprint density at radius 1 is 1.17 bits per heavy atom. The Labute approximate surface area is 180 Å². The zero-order valence-electron chi connectivity index (χ0n) is 15.1. The molecule has 3 aromatic rings. The smallest absolute Gasteiger partial charge is 0.272 e. The lowest BCUT2D eigenvalue weighted by Gasteiger charge is -2.18. The van der Waals surface area contributed by atoms with Crippen LogP contribution in [0.15, 0.2) is 48.7 Å². The van der Waals surface area contributed by atoms with Gasteiger partial charge in [-0.1, -0.05) is 23.2 Å². The minimum absolute atomic E-state index is 0.208. The number of carbonyl (C=O) groups excluding carboxylic acids is 2. The molecule has 0 fully saturated rings. The molecule has 6 nitrogen and oxygen atoms in total. The van der Waals surface area contributed by atoms with Gasteiger partial charge in [0.15, 0.2) is 4.77 Å². The van der Waals surface area contributed by atoms with Crippen LogP contribution < -0.4 is 5.32 Å². The van der Waals surface area contributed by atoms with E-state index in [1.807, 2.05) is 0 Å². The summed E-state index contributed by atoms with van der Waals surface area (Å²) in [6, 6.07) is 10.2. The molecule has 2 N–H and O–H groups in total. The fourth-order valence-corrected chi connectivity index (χ4v) is 3.19. The Morgan fingerprint density at radius 3 is 2.52 bits per heavy atom. The molecular weight excluding hydrogens is 438 g/mol. The lowest BCUT2D eigenvalue weighted by Crippen LogP contribution is -2.35. The number of halogens is 3. The van der Waals surface area contributed by atoms with Crippen molar-refractivity contribution >= 4 is 52.9 Å². The van der Waals surface area contributed by atoms with Crippen molar-refractivity contribution in [2.24, 2.45) is 0 Å². The van der Waals surface area contributed by atoms with Crippen molar-refractivity contribution in [2.75, 3.05) is 18.9 Å². The summed E-state index contributed by atoms with van der Waals surface area (Å²) in [5.74, 6) is -1.26. The number of aromatic amines is 1. The molecule has 0 radical (unpaired) electrons. The highest BCUT2D eigenvalue weighted by Crippen LogP contribution is 2.25. The van der Waals surface area contributed by atoms with Crippen LogP contribution in [0.25, 0.3) is 5.69 Å². The highest BCUT2D eigenvalue weighted by Gasteiger charge is 2.20. The summed E-state index contributed by atoms with van der Waals surface area (Å²) in [7, 11) is 1.49. The average Bonchev–Trinajstić information content (AvgIpc) is 3.06. The number of hydrogen-bond acceptors (Lipinski definition) is 3. The Kier molecular flexibility index (Phi) is 6.36. The van der Waals surface area contributed by atoms with E-state index in [1.165, 1.54) is 53.0 Å². The van der Waals surface area contributed by atoms with Gasteiger partial charge in [0, 0.05) is 24.6 Å². The largest absolute Gasteiger partial charge is 0.336 e. The Morgan fingerprint density at radius 2 is 1.86 bits per heavy atom. The molecule has 0 bridgehead atoms. The van der Waals surface area contributed by atoms with Crippen LogP contribution in [-0.2, 0) is 4.79 Å². The van der Waals surface area contributed by atoms with Gasteiger partial charge in [0.25, 0.3) is 5.91 Å². The first kappa shape index (κ1) is 21.0. The van der Waals surface area contributed by atoms with E-state index >= 15 is 0 Å². The zero-order chi connectivity index (χ0) is 21.1. The van der Waals surface area contributed by atoms with Crippen LogP contribution >= 0.6 is 35.4 Å². The first-order valence-corrected chi connectivity index (χ1v) is 9.49. The van der Waals surface area contributed by atoms with Gasteiger partial charge in [-0.3, -0.25) is 14.2 Å². The summed E-state index contributed by atoms with van der Waals surface area (Å²) < 4.78 is 15.0. The minimum Gasteiger partial charge on any atom is -0.336 e. The first-order valence-electron chi connectivity index (χ1n) is 8.33. The second-order valence-corrected chi connectivity index (χ2v) is 7.33. The molecule has 2 aromatic carbocycles. The van der Waals surface area contributed by atoms with E-state index in [0.717, 1.165) is 0 Å². The van der Waals surface area contributed by atoms with Crippen molar-refractivity contribution in [2.45, 2.75) is 0 Å². The van der Waals surface area contributed by atoms with Crippen molar-refractivity contribution in [1.29, 1.82) is 0 Å². The molecule has 10 heteroatoms. The summed E-state index contributed by atoms with van der Waals surface area (Å²) in [6.45, 7) is -0.208. The van der Waals surface area contributed by atoms with Crippen LogP contribution in [0.4, 0.5) is 10.1 Å². The molecule has 1 aromatic heterocycles. The van der Waals surface area contributed by atoms with Gasteiger partial charge < -0.3 is 15.2 Å². The predicted octanol–water partition coefficient (Wildman–Crippen LogP) is 4.69. The normalized spacial score (nSPS) is 10.6. The highest BCUT2D eigenvalue weighted by molar-refractivity contribution is 7.71. The summed E-state index contributed by atoms with van der Waals surface area (Å²) in [4.78, 5) is 29.2. The maximum Gasteiger partial charge on any atom is 0.272 e. The van der Waals surface area contributed by atoms with Crippen LogP contribution in [-0.4, -0.2) is 39.9 Å². The Balaban J connectivity index is 1.75. The number of H-pyrrole nitrogens is 1. The number of amides is 2. The maximum absolute atomic E-state index is 13.2. The van der Waals surface area contributed by atoms with Crippen molar-refractivity contribution in [3.8, 4) is 5.69 Å². The number of benzene rings is 2. The fraction of sp³-hybridized carbons (Fsp3) is 0.105. The number of anilines is 1. The van der Waals surface area contributed by atoms with E-state index in [4.69, 9.17) is 35.4 Å². The molecule has 0 aliphatic carbocycles. The van der Waals surface area contributed by atoms with E-state index in [2.05, 4.69) is 10.3 Å². The van der Waals surface area contributed by atoms with Crippen LogP contribution in [0, 0.1) is 10.6 Å². The van der Waals surface area contributed by atoms with Crippen LogP contribution in [0.3, 0.4) is 0 Å². The lowest BCUT2D eigenvalue weighted by molar-refractivity contribution is -0.116. The third-order valence-corrected chi connectivity index (χ3v) is 5.05. The van der Waals surface area contributed by atoms with Crippen LogP contribution in [0.2, 0.25) is 10.0 Å². The minimum atomic E-state index is -0.439. The maximum atomic E-state index is 13.2. The van der Waals surface area contributed by atoms with Crippen LogP contribution in [0.5, 0.6) is 0 Å². The van der Waals surface area contributed by atoms with Gasteiger partial charge in [-0.2, -0.15) is 0 Å². The van der Waals surface area contributed by atoms with Crippen molar-refractivity contribution in [3.63, 3.8) is 0 Å². The summed E-state index contributed by atoms with van der Waals surface area (Å²) in [5, 5.41) is 3.33. The zero-order valence-corrected chi connectivity index (χ0v) is 17.4. The molecule has 0 atom stereocenters. The third kappa shape index (κ3) is 4.84. The molecule has 0 aliphatic heterocycles. The Bertz CT molecular complexity index is 1130. The molecule has 29 heavy (non-hydrogen) atoms. The molecule has 0 unspecified atom stereocenters. The van der Waals surface area contributed by atoms with Crippen molar-refractivity contribution < 1.29 is 14.0 Å². The fourth-order valence-electron chi connectivity index (χ4n) is 2.63. The second-order valence-electron chi connectivity index (χ2n) is 6.13. The van der Waals surface area contributed by atoms with E-state index in [9.17, 15) is 14.0 Å². The number of hydrogen-bond donors (Lipinski definition) is 2. The molecule has 0 spiro atoms. The SMILES string of the molecule is CN(CC(=O)Nc1ccc(Cl)c(Cl)c1)C(=O)c1c[nH]c(=S)n1-c1ccc(F)cc1. The quantitative estimate of drug-likeness (QED) is 0.551. The molecule has 0 saturated carbocycles. The highest BCUT2D eigenvalue weighted by atomic mass is 35.5. The molecule has 150 valence electrons. The molecule has 3 rings (SSSR count). The van der Waals surface area contributed by atoms with Gasteiger partial charge in [-0.25, -0.2) is 4.39 Å². The number of imidazole rings is 1. The average molecular weight is 453 g/mol. The van der Waals surface area contributed by atoms with Crippen molar-refractivity contribution in [3.05, 3.63) is 75.0 Å². The second kappa shape index (κ2) is 8.77. The standard InChI is InChI=1S/C19H15Cl2FN4O2S/c1-25(10-17(27)24-12-4-7-14(20)15(21)8-12)18(28)16-9-23-19(29)26(16)13-5-2-11(22)3-6-13/h2-9H,10H2,1H3,(H,23,29)(H,24,27). The van der Waals surface area contributed by atoms with Gasteiger partial charge in [0.05, 0.1) is 16.6 Å². The molecule has 2 amide bonds. The monoisotopic (exact) mass is 452 g/mol. The summed E-state index contributed by atoms with van der Waals surface area (Å²) >= 11 is 17.0. The summed E-state index contributed by atoms with van der Waals surface area (Å²) in [6.07, 6.45) is 1.45. The van der Waals surface area contributed by atoms with Gasteiger partial charge in [-0.15, -0.1) is 0 Å². The summed E-state index contributed by atoms with van der Waals surface area (Å²) in [5.41, 5.74) is 1.20. The Hall–Kier alpha value is -2.68.